The standard InChI is InChI=1S/C14H18N2O5S/c1-21-13-5-3-10(14(17)18)7-12(13)15-22(19,20)16-8-9-2-4-11(16)6-9/h3,5,7,9,11,15H,2,4,6,8H2,1H3,(H,17,18). The molecule has 2 bridgehead atoms. The van der Waals surface area contributed by atoms with Gasteiger partial charge in [-0.2, -0.15) is 12.7 Å². The van der Waals surface area contributed by atoms with Crippen LogP contribution in [0.4, 0.5) is 5.69 Å². The third-order valence-corrected chi connectivity index (χ3v) is 5.90. The van der Waals surface area contributed by atoms with Gasteiger partial charge in [0.1, 0.15) is 5.75 Å². The van der Waals surface area contributed by atoms with Crippen LogP contribution >= 0.6 is 0 Å². The number of piperidine rings is 1. The lowest BCUT2D eigenvalue weighted by Gasteiger charge is -2.26. The molecule has 0 spiro atoms. The summed E-state index contributed by atoms with van der Waals surface area (Å²) in [6.45, 7) is 0.529. The van der Waals surface area contributed by atoms with Crippen LogP contribution < -0.4 is 9.46 Å². The molecule has 2 aliphatic rings. The van der Waals surface area contributed by atoms with Crippen molar-refractivity contribution < 1.29 is 23.1 Å². The maximum Gasteiger partial charge on any atom is 0.335 e. The Morgan fingerprint density at radius 3 is 2.73 bits per heavy atom. The molecule has 0 radical (unpaired) electrons. The van der Waals surface area contributed by atoms with Gasteiger partial charge < -0.3 is 9.84 Å². The summed E-state index contributed by atoms with van der Waals surface area (Å²) in [5.41, 5.74) is 0.145. The number of carboxylic acid groups (broad SMARTS) is 1. The summed E-state index contributed by atoms with van der Waals surface area (Å²) in [7, 11) is -2.30. The molecule has 2 N–H and O–H groups in total. The van der Waals surface area contributed by atoms with E-state index in [0.29, 0.717) is 12.5 Å². The molecule has 2 atom stereocenters. The van der Waals surface area contributed by atoms with Crippen molar-refractivity contribution >= 4 is 21.9 Å². The molecule has 1 saturated heterocycles. The quantitative estimate of drug-likeness (QED) is 0.855. The van der Waals surface area contributed by atoms with Gasteiger partial charge in [0.25, 0.3) is 0 Å². The molecule has 7 nitrogen and oxygen atoms in total. The van der Waals surface area contributed by atoms with Gasteiger partial charge in [0.2, 0.25) is 0 Å². The molecule has 1 saturated carbocycles. The van der Waals surface area contributed by atoms with Crippen molar-refractivity contribution in [2.75, 3.05) is 18.4 Å². The normalized spacial score (nSPS) is 24.4. The van der Waals surface area contributed by atoms with Crippen molar-refractivity contribution in [3.63, 3.8) is 0 Å². The van der Waals surface area contributed by atoms with Crippen LogP contribution in [0, 0.1) is 5.92 Å². The first kappa shape index (κ1) is 15.1. The van der Waals surface area contributed by atoms with Crippen LogP contribution in [0.5, 0.6) is 5.75 Å². The molecule has 1 heterocycles. The average molecular weight is 326 g/mol. The molecular formula is C14H18N2O5S. The van der Waals surface area contributed by atoms with Gasteiger partial charge >= 0.3 is 16.2 Å². The number of anilines is 1. The monoisotopic (exact) mass is 326 g/mol. The average Bonchev–Trinajstić information content (AvgIpc) is 3.09. The van der Waals surface area contributed by atoms with Gasteiger partial charge in [0, 0.05) is 12.6 Å². The van der Waals surface area contributed by atoms with E-state index in [1.165, 1.54) is 29.6 Å². The zero-order valence-electron chi connectivity index (χ0n) is 12.2. The molecule has 3 rings (SSSR count). The third kappa shape index (κ3) is 2.64. The van der Waals surface area contributed by atoms with Crippen LogP contribution in [0.2, 0.25) is 0 Å². The number of nitrogens with one attached hydrogen (secondary N) is 1. The zero-order chi connectivity index (χ0) is 15.9. The number of fused-ring (bicyclic) bond motifs is 2. The van der Waals surface area contributed by atoms with Gasteiger partial charge in [-0.15, -0.1) is 0 Å². The summed E-state index contributed by atoms with van der Waals surface area (Å²) in [6.07, 6.45) is 2.87. The fourth-order valence-corrected chi connectivity index (χ4v) is 4.84. The highest BCUT2D eigenvalue weighted by Gasteiger charge is 2.44. The highest BCUT2D eigenvalue weighted by atomic mass is 32.2. The third-order valence-electron chi connectivity index (χ3n) is 4.35. The number of carbonyl (C=O) groups is 1. The number of rotatable bonds is 5. The van der Waals surface area contributed by atoms with Gasteiger partial charge in [0.15, 0.2) is 0 Å². The van der Waals surface area contributed by atoms with Crippen LogP contribution in [0.25, 0.3) is 0 Å². The van der Waals surface area contributed by atoms with Crippen molar-refractivity contribution in [3.05, 3.63) is 23.8 Å². The first-order valence-electron chi connectivity index (χ1n) is 7.11. The fourth-order valence-electron chi connectivity index (χ4n) is 3.29. The minimum Gasteiger partial charge on any atom is -0.495 e. The molecule has 0 amide bonds. The number of methoxy groups -OCH3 is 1. The second kappa shape index (κ2) is 5.44. The van der Waals surface area contributed by atoms with E-state index in [-0.39, 0.29) is 23.0 Å². The highest BCUT2D eigenvalue weighted by Crippen LogP contribution is 2.39. The van der Waals surface area contributed by atoms with Crippen LogP contribution in [-0.2, 0) is 10.2 Å². The van der Waals surface area contributed by atoms with Crippen molar-refractivity contribution in [3.8, 4) is 5.75 Å². The Labute approximate surface area is 129 Å². The first-order chi connectivity index (χ1) is 10.4. The van der Waals surface area contributed by atoms with E-state index in [0.717, 1.165) is 19.3 Å². The highest BCUT2D eigenvalue weighted by molar-refractivity contribution is 7.90. The lowest BCUT2D eigenvalue weighted by Crippen LogP contribution is -2.41. The zero-order valence-corrected chi connectivity index (χ0v) is 13.0. The van der Waals surface area contributed by atoms with Crippen molar-refractivity contribution in [1.82, 2.24) is 4.31 Å². The van der Waals surface area contributed by atoms with Gasteiger partial charge in [0.05, 0.1) is 18.4 Å². The number of carboxylic acids is 1. The number of hydrogen-bond donors (Lipinski definition) is 2. The van der Waals surface area contributed by atoms with Gasteiger partial charge in [-0.1, -0.05) is 0 Å². The van der Waals surface area contributed by atoms with E-state index in [1.54, 1.807) is 0 Å². The molecule has 2 unspecified atom stereocenters. The van der Waals surface area contributed by atoms with Crippen LogP contribution in [0.15, 0.2) is 18.2 Å². The Kier molecular flexibility index (Phi) is 3.73. The van der Waals surface area contributed by atoms with E-state index in [4.69, 9.17) is 9.84 Å². The Morgan fingerprint density at radius 2 is 2.18 bits per heavy atom. The summed E-state index contributed by atoms with van der Waals surface area (Å²) in [5, 5.41) is 9.04. The Hall–Kier alpha value is -1.80. The lowest BCUT2D eigenvalue weighted by atomic mass is 10.1. The lowest BCUT2D eigenvalue weighted by molar-refractivity contribution is 0.0697. The Balaban J connectivity index is 1.88. The summed E-state index contributed by atoms with van der Waals surface area (Å²) >= 11 is 0. The molecule has 0 aromatic heterocycles. The Morgan fingerprint density at radius 1 is 1.41 bits per heavy atom. The fraction of sp³-hybridized carbons (Fsp3) is 0.500. The topological polar surface area (TPSA) is 95.9 Å². The minimum atomic E-state index is -3.71. The number of ether oxygens (including phenoxy) is 1. The molecular weight excluding hydrogens is 308 g/mol. The SMILES string of the molecule is COc1ccc(C(=O)O)cc1NS(=O)(=O)N1CC2CCC1C2. The molecule has 22 heavy (non-hydrogen) atoms. The van der Waals surface area contributed by atoms with Crippen molar-refractivity contribution in [1.29, 1.82) is 0 Å². The summed E-state index contributed by atoms with van der Waals surface area (Å²) in [5.74, 6) is -0.393. The first-order valence-corrected chi connectivity index (χ1v) is 8.55. The number of aromatic carboxylic acids is 1. The van der Waals surface area contributed by atoms with Crippen LogP contribution in [-0.4, -0.2) is 43.5 Å². The van der Waals surface area contributed by atoms with E-state index < -0.39 is 16.2 Å². The molecule has 1 aromatic carbocycles. The van der Waals surface area contributed by atoms with Gasteiger partial charge in [-0.3, -0.25) is 4.72 Å². The smallest absolute Gasteiger partial charge is 0.335 e. The van der Waals surface area contributed by atoms with Gasteiger partial charge in [-0.25, -0.2) is 4.79 Å². The number of hydrogen-bond acceptors (Lipinski definition) is 4. The maximum absolute atomic E-state index is 12.6. The van der Waals surface area contributed by atoms with E-state index >= 15 is 0 Å². The molecule has 1 aromatic rings. The largest absolute Gasteiger partial charge is 0.495 e. The van der Waals surface area contributed by atoms with Crippen LogP contribution in [0.1, 0.15) is 29.6 Å². The molecule has 1 aliphatic carbocycles. The van der Waals surface area contributed by atoms with E-state index in [2.05, 4.69) is 4.72 Å². The van der Waals surface area contributed by atoms with E-state index in [9.17, 15) is 13.2 Å². The summed E-state index contributed by atoms with van der Waals surface area (Å²) < 4.78 is 34.2. The van der Waals surface area contributed by atoms with Gasteiger partial charge in [-0.05, 0) is 43.4 Å². The van der Waals surface area contributed by atoms with Crippen LogP contribution in [0.3, 0.4) is 0 Å². The van der Waals surface area contributed by atoms with Crippen molar-refractivity contribution in [2.45, 2.75) is 25.3 Å². The summed E-state index contributed by atoms with van der Waals surface area (Å²) in [4.78, 5) is 11.1. The molecule has 2 fully saturated rings. The second-order valence-corrected chi connectivity index (χ2v) is 7.35. The number of nitrogens with zero attached hydrogens (tertiary/aromatic N) is 1. The maximum atomic E-state index is 12.6. The predicted octanol–water partition coefficient (Wildman–Crippen LogP) is 1.53. The van der Waals surface area contributed by atoms with E-state index in [1.807, 2.05) is 0 Å². The molecule has 8 heteroatoms. The number of benzene rings is 1. The Bertz CT molecular complexity index is 703. The van der Waals surface area contributed by atoms with Crippen molar-refractivity contribution in [2.24, 2.45) is 5.92 Å². The summed E-state index contributed by atoms with van der Waals surface area (Å²) in [6, 6.07) is 4.14. The second-order valence-electron chi connectivity index (χ2n) is 5.73. The molecule has 1 aliphatic heterocycles. The minimum absolute atomic E-state index is 0.00134. The predicted molar refractivity (Wildman–Crippen MR) is 80.3 cm³/mol. The molecule has 120 valence electrons.